The summed E-state index contributed by atoms with van der Waals surface area (Å²) in [7, 11) is 0. The standard InChI is InChI=1S/C19H15F4N5O2/c20-13-7-4-8-14(11-13)28-16(19(21,22)23)15(26-27-28)18(30)25-10-9-24-17(29)12-5-2-1-3-6-12/h1-8,11H,9-10H2,(H,24,29)(H,25,30). The number of aromatic nitrogens is 3. The van der Waals surface area contributed by atoms with Gasteiger partial charge in [-0.25, -0.2) is 9.07 Å². The van der Waals surface area contributed by atoms with E-state index in [0.29, 0.717) is 10.2 Å². The van der Waals surface area contributed by atoms with Gasteiger partial charge < -0.3 is 10.6 Å². The third kappa shape index (κ3) is 4.80. The van der Waals surface area contributed by atoms with Crippen LogP contribution in [0.4, 0.5) is 17.6 Å². The molecule has 0 fully saturated rings. The van der Waals surface area contributed by atoms with Crippen molar-refractivity contribution in [1.29, 1.82) is 0 Å². The summed E-state index contributed by atoms with van der Waals surface area (Å²) in [6, 6.07) is 12.6. The summed E-state index contributed by atoms with van der Waals surface area (Å²) in [6.07, 6.45) is -4.97. The summed E-state index contributed by atoms with van der Waals surface area (Å²) < 4.78 is 54.4. The van der Waals surface area contributed by atoms with Gasteiger partial charge in [-0.2, -0.15) is 13.2 Å². The number of benzene rings is 2. The largest absolute Gasteiger partial charge is 0.435 e. The first-order valence-electron chi connectivity index (χ1n) is 8.67. The van der Waals surface area contributed by atoms with E-state index in [1.165, 1.54) is 12.1 Å². The number of halogens is 4. The molecule has 3 rings (SSSR count). The molecule has 0 radical (unpaired) electrons. The zero-order chi connectivity index (χ0) is 21.7. The number of rotatable bonds is 6. The molecule has 0 spiro atoms. The Kier molecular flexibility index (Phi) is 6.09. The Morgan fingerprint density at radius 3 is 2.23 bits per heavy atom. The second-order valence-corrected chi connectivity index (χ2v) is 6.05. The van der Waals surface area contributed by atoms with E-state index in [9.17, 15) is 27.2 Å². The summed E-state index contributed by atoms with van der Waals surface area (Å²) in [4.78, 5) is 24.1. The molecule has 30 heavy (non-hydrogen) atoms. The Hall–Kier alpha value is -3.76. The van der Waals surface area contributed by atoms with Crippen LogP contribution in [0.15, 0.2) is 54.6 Å². The molecule has 0 aliphatic carbocycles. The fraction of sp³-hybridized carbons (Fsp3) is 0.158. The Labute approximate surface area is 167 Å². The quantitative estimate of drug-likeness (QED) is 0.473. The van der Waals surface area contributed by atoms with Gasteiger partial charge in [0, 0.05) is 18.7 Å². The smallest absolute Gasteiger partial charge is 0.350 e. The maximum atomic E-state index is 13.5. The molecule has 0 aliphatic heterocycles. The van der Waals surface area contributed by atoms with Crippen molar-refractivity contribution in [3.05, 3.63) is 77.4 Å². The predicted molar refractivity (Wildman–Crippen MR) is 97.4 cm³/mol. The molecular formula is C19H15F4N5O2. The molecule has 7 nitrogen and oxygen atoms in total. The van der Waals surface area contributed by atoms with Crippen LogP contribution in [0.3, 0.4) is 0 Å². The molecule has 3 aromatic rings. The van der Waals surface area contributed by atoms with E-state index in [4.69, 9.17) is 0 Å². The normalized spacial score (nSPS) is 11.2. The van der Waals surface area contributed by atoms with Gasteiger partial charge in [-0.05, 0) is 30.3 Å². The van der Waals surface area contributed by atoms with Gasteiger partial charge in [0.1, 0.15) is 5.82 Å². The van der Waals surface area contributed by atoms with Crippen molar-refractivity contribution in [3.8, 4) is 5.69 Å². The van der Waals surface area contributed by atoms with E-state index in [1.807, 2.05) is 0 Å². The Bertz CT molecular complexity index is 1050. The van der Waals surface area contributed by atoms with E-state index in [2.05, 4.69) is 20.9 Å². The first-order valence-corrected chi connectivity index (χ1v) is 8.67. The number of hydrogen-bond acceptors (Lipinski definition) is 4. The average Bonchev–Trinajstić information content (AvgIpc) is 3.17. The lowest BCUT2D eigenvalue weighted by atomic mass is 10.2. The van der Waals surface area contributed by atoms with Gasteiger partial charge >= 0.3 is 6.18 Å². The van der Waals surface area contributed by atoms with Crippen molar-refractivity contribution in [1.82, 2.24) is 25.6 Å². The first-order chi connectivity index (χ1) is 14.3. The van der Waals surface area contributed by atoms with Crippen molar-refractivity contribution >= 4 is 11.8 Å². The number of nitrogens with zero attached hydrogens (tertiary/aromatic N) is 3. The van der Waals surface area contributed by atoms with Crippen LogP contribution in [-0.2, 0) is 6.18 Å². The fourth-order valence-corrected chi connectivity index (χ4v) is 2.61. The molecule has 0 atom stereocenters. The van der Waals surface area contributed by atoms with Gasteiger partial charge in [-0.3, -0.25) is 9.59 Å². The summed E-state index contributed by atoms with van der Waals surface area (Å²) in [5.74, 6) is -2.28. The van der Waals surface area contributed by atoms with Crippen LogP contribution >= 0.6 is 0 Å². The Morgan fingerprint density at radius 1 is 0.933 bits per heavy atom. The molecule has 0 bridgehead atoms. The van der Waals surface area contributed by atoms with Crippen LogP contribution in [0.25, 0.3) is 5.69 Å². The highest BCUT2D eigenvalue weighted by Gasteiger charge is 2.42. The monoisotopic (exact) mass is 421 g/mol. The topological polar surface area (TPSA) is 88.9 Å². The molecule has 0 saturated carbocycles. The van der Waals surface area contributed by atoms with Gasteiger partial charge in [0.15, 0.2) is 11.4 Å². The van der Waals surface area contributed by atoms with Crippen molar-refractivity contribution in [2.45, 2.75) is 6.18 Å². The highest BCUT2D eigenvalue weighted by Crippen LogP contribution is 2.32. The maximum absolute atomic E-state index is 13.5. The highest BCUT2D eigenvalue weighted by molar-refractivity contribution is 5.94. The van der Waals surface area contributed by atoms with Crippen LogP contribution in [0, 0.1) is 5.82 Å². The molecule has 0 unspecified atom stereocenters. The van der Waals surface area contributed by atoms with E-state index < -0.39 is 35.2 Å². The second kappa shape index (κ2) is 8.72. The zero-order valence-electron chi connectivity index (χ0n) is 15.3. The lowest BCUT2D eigenvalue weighted by molar-refractivity contribution is -0.143. The molecule has 0 aliphatic rings. The van der Waals surface area contributed by atoms with Crippen LogP contribution in [-0.4, -0.2) is 39.9 Å². The third-order valence-electron chi connectivity index (χ3n) is 3.94. The van der Waals surface area contributed by atoms with E-state index in [-0.39, 0.29) is 18.8 Å². The van der Waals surface area contributed by atoms with Crippen LogP contribution < -0.4 is 10.6 Å². The van der Waals surface area contributed by atoms with Crippen molar-refractivity contribution in [2.24, 2.45) is 0 Å². The minimum absolute atomic E-state index is 0.0150. The second-order valence-electron chi connectivity index (χ2n) is 6.05. The Balaban J connectivity index is 1.69. The fourth-order valence-electron chi connectivity index (χ4n) is 2.61. The number of alkyl halides is 3. The SMILES string of the molecule is O=C(NCCNC(=O)c1nnn(-c2cccc(F)c2)c1C(F)(F)F)c1ccccc1. The van der Waals surface area contributed by atoms with Crippen LogP contribution in [0.5, 0.6) is 0 Å². The molecule has 2 N–H and O–H groups in total. The zero-order valence-corrected chi connectivity index (χ0v) is 15.3. The maximum Gasteiger partial charge on any atom is 0.435 e. The van der Waals surface area contributed by atoms with Gasteiger partial charge in [0.25, 0.3) is 11.8 Å². The molecule has 2 amide bonds. The minimum Gasteiger partial charge on any atom is -0.350 e. The van der Waals surface area contributed by atoms with E-state index in [0.717, 1.165) is 12.1 Å². The molecule has 0 saturated heterocycles. The number of carbonyl (C=O) groups excluding carboxylic acids is 2. The molecule has 156 valence electrons. The van der Waals surface area contributed by atoms with Crippen molar-refractivity contribution in [3.63, 3.8) is 0 Å². The predicted octanol–water partition coefficient (Wildman–Crippen LogP) is 2.59. The summed E-state index contributed by atoms with van der Waals surface area (Å²) in [5, 5.41) is 11.5. The van der Waals surface area contributed by atoms with Gasteiger partial charge in [-0.15, -0.1) is 5.10 Å². The summed E-state index contributed by atoms with van der Waals surface area (Å²) in [6.45, 7) is -0.152. The Morgan fingerprint density at radius 2 is 1.60 bits per heavy atom. The molecular weight excluding hydrogens is 406 g/mol. The molecule has 1 aromatic heterocycles. The van der Waals surface area contributed by atoms with Crippen LogP contribution in [0.1, 0.15) is 26.5 Å². The number of amides is 2. The number of carbonyl (C=O) groups is 2. The van der Waals surface area contributed by atoms with E-state index in [1.54, 1.807) is 30.3 Å². The van der Waals surface area contributed by atoms with E-state index >= 15 is 0 Å². The summed E-state index contributed by atoms with van der Waals surface area (Å²) >= 11 is 0. The molecule has 2 aromatic carbocycles. The first kappa shape index (κ1) is 21.0. The highest BCUT2D eigenvalue weighted by atomic mass is 19.4. The minimum atomic E-state index is -4.97. The van der Waals surface area contributed by atoms with Gasteiger partial charge in [0.2, 0.25) is 0 Å². The number of nitrogens with one attached hydrogen (secondary N) is 2. The molecule has 1 heterocycles. The van der Waals surface area contributed by atoms with Gasteiger partial charge in [0.05, 0.1) is 5.69 Å². The molecule has 11 heteroatoms. The van der Waals surface area contributed by atoms with Crippen LogP contribution in [0.2, 0.25) is 0 Å². The summed E-state index contributed by atoms with van der Waals surface area (Å²) in [5.41, 5.74) is -2.22. The lowest BCUT2D eigenvalue weighted by Gasteiger charge is -2.11. The van der Waals surface area contributed by atoms with Gasteiger partial charge in [-0.1, -0.05) is 29.5 Å². The van der Waals surface area contributed by atoms with Crippen molar-refractivity contribution < 1.29 is 27.2 Å². The number of hydrogen-bond donors (Lipinski definition) is 2. The lowest BCUT2D eigenvalue weighted by Crippen LogP contribution is -2.35. The third-order valence-corrected chi connectivity index (χ3v) is 3.94. The van der Waals surface area contributed by atoms with Crippen molar-refractivity contribution in [2.75, 3.05) is 13.1 Å². The average molecular weight is 421 g/mol.